The van der Waals surface area contributed by atoms with E-state index >= 15 is 0 Å². The normalized spacial score (nSPS) is 10.1. The zero-order valence-corrected chi connectivity index (χ0v) is 9.40. The maximum absolute atomic E-state index is 9.34. The summed E-state index contributed by atoms with van der Waals surface area (Å²) in [5.74, 6) is 0.730. The number of hydrogen-bond acceptors (Lipinski definition) is 3. The molecule has 0 saturated carbocycles. The van der Waals surface area contributed by atoms with Crippen molar-refractivity contribution in [2.24, 2.45) is 0 Å². The average Bonchev–Trinajstić information content (AvgIpc) is 2.29. The van der Waals surface area contributed by atoms with Crippen LogP contribution in [0.15, 0.2) is 36.7 Å². The van der Waals surface area contributed by atoms with Crippen LogP contribution in [0.4, 0.5) is 0 Å². The smallest absolute Gasteiger partial charge is 0.138 e. The Morgan fingerprint density at radius 1 is 1.19 bits per heavy atom. The van der Waals surface area contributed by atoms with Crippen LogP contribution in [0, 0.1) is 0 Å². The lowest BCUT2D eigenvalue weighted by molar-refractivity contribution is 0.415. The highest BCUT2D eigenvalue weighted by atomic mass is 35.5. The molecule has 4 heteroatoms. The number of ether oxygens (including phenoxy) is 1. The first kappa shape index (κ1) is 10.8. The van der Waals surface area contributed by atoms with Gasteiger partial charge in [-0.2, -0.15) is 0 Å². The topological polar surface area (TPSA) is 42.4 Å². The summed E-state index contributed by atoms with van der Waals surface area (Å²) < 4.78 is 5.12. The lowest BCUT2D eigenvalue weighted by Crippen LogP contribution is -1.86. The monoisotopic (exact) mass is 235 g/mol. The van der Waals surface area contributed by atoms with Gasteiger partial charge in [0, 0.05) is 11.8 Å². The molecule has 0 amide bonds. The molecule has 0 unspecified atom stereocenters. The highest BCUT2D eigenvalue weighted by Gasteiger charge is 2.04. The van der Waals surface area contributed by atoms with E-state index in [2.05, 4.69) is 4.98 Å². The van der Waals surface area contributed by atoms with Crippen molar-refractivity contribution in [3.8, 4) is 22.6 Å². The first-order valence-electron chi connectivity index (χ1n) is 4.68. The fraction of sp³-hybridized carbons (Fsp3) is 0.0833. The number of pyridine rings is 1. The Morgan fingerprint density at radius 3 is 2.69 bits per heavy atom. The molecule has 82 valence electrons. The number of benzene rings is 1. The van der Waals surface area contributed by atoms with E-state index in [-0.39, 0.29) is 5.75 Å². The van der Waals surface area contributed by atoms with Crippen LogP contribution in [-0.4, -0.2) is 17.2 Å². The van der Waals surface area contributed by atoms with Gasteiger partial charge in [0.25, 0.3) is 0 Å². The van der Waals surface area contributed by atoms with Gasteiger partial charge in [0.05, 0.1) is 18.3 Å². The molecule has 0 radical (unpaired) electrons. The van der Waals surface area contributed by atoms with Crippen molar-refractivity contribution >= 4 is 11.6 Å². The van der Waals surface area contributed by atoms with E-state index in [1.807, 2.05) is 6.07 Å². The summed E-state index contributed by atoms with van der Waals surface area (Å²) in [6, 6.07) is 7.04. The van der Waals surface area contributed by atoms with Crippen molar-refractivity contribution in [2.75, 3.05) is 7.11 Å². The average molecular weight is 236 g/mol. The SMILES string of the molecule is COc1cc(-c2cncc(O)c2)ccc1Cl. The third-order valence-electron chi connectivity index (χ3n) is 2.21. The van der Waals surface area contributed by atoms with Crippen LogP contribution in [0.5, 0.6) is 11.5 Å². The summed E-state index contributed by atoms with van der Waals surface area (Å²) in [5.41, 5.74) is 1.71. The Morgan fingerprint density at radius 2 is 2.00 bits per heavy atom. The lowest BCUT2D eigenvalue weighted by Gasteiger charge is -2.06. The molecule has 0 fully saturated rings. The van der Waals surface area contributed by atoms with E-state index in [9.17, 15) is 5.11 Å². The van der Waals surface area contributed by atoms with Crippen LogP contribution in [0.25, 0.3) is 11.1 Å². The molecule has 0 aliphatic heterocycles. The number of rotatable bonds is 2. The second-order valence-corrected chi connectivity index (χ2v) is 3.69. The molecule has 1 heterocycles. The molecular weight excluding hydrogens is 226 g/mol. The van der Waals surface area contributed by atoms with Crippen LogP contribution in [0.1, 0.15) is 0 Å². The van der Waals surface area contributed by atoms with Crippen LogP contribution in [-0.2, 0) is 0 Å². The Bertz CT molecular complexity index is 514. The van der Waals surface area contributed by atoms with E-state index in [0.717, 1.165) is 11.1 Å². The number of hydrogen-bond donors (Lipinski definition) is 1. The molecule has 1 N–H and O–H groups in total. The molecule has 2 rings (SSSR count). The van der Waals surface area contributed by atoms with E-state index in [1.165, 1.54) is 6.20 Å². The standard InChI is InChI=1S/C12H10ClNO2/c1-16-12-5-8(2-3-11(12)13)9-4-10(15)7-14-6-9/h2-7,15H,1H3. The zero-order chi connectivity index (χ0) is 11.5. The van der Waals surface area contributed by atoms with Crippen LogP contribution >= 0.6 is 11.6 Å². The van der Waals surface area contributed by atoms with Gasteiger partial charge in [-0.05, 0) is 23.8 Å². The van der Waals surface area contributed by atoms with E-state index in [0.29, 0.717) is 10.8 Å². The largest absolute Gasteiger partial charge is 0.506 e. The number of halogens is 1. The Hall–Kier alpha value is -1.74. The van der Waals surface area contributed by atoms with Gasteiger partial charge < -0.3 is 9.84 Å². The minimum Gasteiger partial charge on any atom is -0.506 e. The summed E-state index contributed by atoms with van der Waals surface area (Å²) >= 11 is 5.93. The molecular formula is C12H10ClNO2. The predicted octanol–water partition coefficient (Wildman–Crippen LogP) is 3.12. The molecule has 0 bridgehead atoms. The van der Waals surface area contributed by atoms with Crippen molar-refractivity contribution in [1.29, 1.82) is 0 Å². The maximum Gasteiger partial charge on any atom is 0.138 e. The van der Waals surface area contributed by atoms with E-state index < -0.39 is 0 Å². The van der Waals surface area contributed by atoms with Crippen molar-refractivity contribution < 1.29 is 9.84 Å². The summed E-state index contributed by atoms with van der Waals surface area (Å²) in [4.78, 5) is 3.91. The van der Waals surface area contributed by atoms with Crippen LogP contribution in [0.2, 0.25) is 5.02 Å². The van der Waals surface area contributed by atoms with Gasteiger partial charge in [-0.15, -0.1) is 0 Å². The Kier molecular flexibility index (Phi) is 2.97. The summed E-state index contributed by atoms with van der Waals surface area (Å²) in [6.07, 6.45) is 3.05. The van der Waals surface area contributed by atoms with Gasteiger partial charge in [0.1, 0.15) is 11.5 Å². The fourth-order valence-corrected chi connectivity index (χ4v) is 1.62. The van der Waals surface area contributed by atoms with Gasteiger partial charge in [0.15, 0.2) is 0 Å². The third-order valence-corrected chi connectivity index (χ3v) is 2.52. The molecule has 0 saturated heterocycles. The minimum absolute atomic E-state index is 0.131. The van der Waals surface area contributed by atoms with Crippen molar-refractivity contribution in [1.82, 2.24) is 4.98 Å². The van der Waals surface area contributed by atoms with Crippen LogP contribution in [0.3, 0.4) is 0 Å². The second-order valence-electron chi connectivity index (χ2n) is 3.28. The van der Waals surface area contributed by atoms with Gasteiger partial charge >= 0.3 is 0 Å². The summed E-state index contributed by atoms with van der Waals surface area (Å²) in [7, 11) is 1.56. The molecule has 1 aromatic carbocycles. The Balaban J connectivity index is 2.48. The third kappa shape index (κ3) is 2.09. The van der Waals surface area contributed by atoms with E-state index in [4.69, 9.17) is 16.3 Å². The summed E-state index contributed by atoms with van der Waals surface area (Å²) in [5, 5.41) is 9.89. The maximum atomic E-state index is 9.34. The van der Waals surface area contributed by atoms with Gasteiger partial charge in [0.2, 0.25) is 0 Å². The highest BCUT2D eigenvalue weighted by Crippen LogP contribution is 2.30. The number of methoxy groups -OCH3 is 1. The number of aromatic hydroxyl groups is 1. The van der Waals surface area contributed by atoms with Crippen molar-refractivity contribution in [3.63, 3.8) is 0 Å². The first-order valence-corrected chi connectivity index (χ1v) is 5.06. The number of nitrogens with zero attached hydrogens (tertiary/aromatic N) is 1. The highest BCUT2D eigenvalue weighted by molar-refractivity contribution is 6.32. The minimum atomic E-state index is 0.131. The summed E-state index contributed by atoms with van der Waals surface area (Å²) in [6.45, 7) is 0. The molecule has 0 aliphatic rings. The molecule has 0 atom stereocenters. The zero-order valence-electron chi connectivity index (χ0n) is 8.64. The van der Waals surface area contributed by atoms with Crippen molar-refractivity contribution in [3.05, 3.63) is 41.7 Å². The predicted molar refractivity (Wildman–Crippen MR) is 62.9 cm³/mol. The van der Waals surface area contributed by atoms with Crippen LogP contribution < -0.4 is 4.74 Å². The molecule has 0 spiro atoms. The van der Waals surface area contributed by atoms with E-state index in [1.54, 1.807) is 31.5 Å². The quantitative estimate of drug-likeness (QED) is 0.870. The molecule has 2 aromatic rings. The molecule has 1 aromatic heterocycles. The van der Waals surface area contributed by atoms with Gasteiger partial charge in [-0.3, -0.25) is 4.98 Å². The first-order chi connectivity index (χ1) is 7.70. The van der Waals surface area contributed by atoms with Gasteiger partial charge in [-0.25, -0.2) is 0 Å². The van der Waals surface area contributed by atoms with Gasteiger partial charge in [-0.1, -0.05) is 17.7 Å². The molecule has 3 nitrogen and oxygen atoms in total. The molecule has 0 aliphatic carbocycles. The fourth-order valence-electron chi connectivity index (χ4n) is 1.43. The molecule has 16 heavy (non-hydrogen) atoms. The Labute approximate surface area is 98.3 Å². The second kappa shape index (κ2) is 4.41. The lowest BCUT2D eigenvalue weighted by atomic mass is 10.1. The van der Waals surface area contributed by atoms with Crippen molar-refractivity contribution in [2.45, 2.75) is 0 Å². The number of aromatic nitrogens is 1.